The maximum absolute atomic E-state index is 9.92. The van der Waals surface area contributed by atoms with Gasteiger partial charge in [-0.2, -0.15) is 0 Å². The molecule has 1 aromatic carbocycles. The number of aliphatic hydroxyl groups excluding tert-OH is 1. The Balaban J connectivity index is 1.68. The molecule has 4 nitrogen and oxygen atoms in total. The molecule has 111 valence electrons. The lowest BCUT2D eigenvalue weighted by molar-refractivity contribution is 0.200. The van der Waals surface area contributed by atoms with E-state index in [1.807, 2.05) is 48.9 Å². The molecule has 0 fully saturated rings. The van der Waals surface area contributed by atoms with Gasteiger partial charge in [-0.25, -0.2) is 0 Å². The highest BCUT2D eigenvalue weighted by atomic mass is 16.5. The summed E-state index contributed by atoms with van der Waals surface area (Å²) in [6.45, 7) is 1.22. The lowest BCUT2D eigenvalue weighted by Gasteiger charge is -2.11. The molecule has 21 heavy (non-hydrogen) atoms. The molecule has 0 aliphatic heterocycles. The van der Waals surface area contributed by atoms with E-state index in [1.165, 1.54) is 0 Å². The first kappa shape index (κ1) is 15.5. The van der Waals surface area contributed by atoms with Gasteiger partial charge in [0.2, 0.25) is 0 Å². The summed E-state index contributed by atoms with van der Waals surface area (Å²) < 4.78 is 5.18. The van der Waals surface area contributed by atoms with Crippen LogP contribution in [0.4, 0.5) is 0 Å². The zero-order valence-electron chi connectivity index (χ0n) is 12.2. The number of nitrogens with zero attached hydrogens (tertiary/aromatic N) is 1. The molecule has 0 saturated carbocycles. The van der Waals surface area contributed by atoms with Crippen molar-refractivity contribution in [1.82, 2.24) is 10.3 Å². The average Bonchev–Trinajstić information content (AvgIpc) is 2.54. The summed E-state index contributed by atoms with van der Waals surface area (Å²) in [5.41, 5.74) is 2.09. The van der Waals surface area contributed by atoms with Gasteiger partial charge in [-0.1, -0.05) is 18.2 Å². The first-order chi connectivity index (χ1) is 10.3. The molecule has 2 aromatic rings. The number of hydrogen-bond acceptors (Lipinski definition) is 4. The first-order valence-corrected chi connectivity index (χ1v) is 7.03. The molecule has 0 aliphatic carbocycles. The van der Waals surface area contributed by atoms with Crippen LogP contribution < -0.4 is 10.1 Å². The van der Waals surface area contributed by atoms with Crippen molar-refractivity contribution in [2.45, 2.75) is 19.1 Å². The fourth-order valence-electron chi connectivity index (χ4n) is 2.01. The van der Waals surface area contributed by atoms with Crippen LogP contribution in [-0.4, -0.2) is 29.8 Å². The van der Waals surface area contributed by atoms with Crippen molar-refractivity contribution in [3.05, 3.63) is 66.3 Å². The summed E-state index contributed by atoms with van der Waals surface area (Å²) in [5.74, 6) is 0.844. The van der Waals surface area contributed by atoms with Crippen molar-refractivity contribution in [2.75, 3.05) is 13.7 Å². The summed E-state index contributed by atoms with van der Waals surface area (Å²) in [7, 11) is 1.66. The van der Waals surface area contributed by atoms with Gasteiger partial charge in [0.15, 0.2) is 0 Å². The zero-order chi connectivity index (χ0) is 14.9. The fraction of sp³-hybridized carbons (Fsp3) is 0.294. The van der Waals surface area contributed by atoms with E-state index in [1.54, 1.807) is 13.3 Å². The van der Waals surface area contributed by atoms with Gasteiger partial charge in [0.25, 0.3) is 0 Å². The van der Waals surface area contributed by atoms with E-state index in [-0.39, 0.29) is 0 Å². The maximum atomic E-state index is 9.92. The number of nitrogens with one attached hydrogen (secondary N) is 1. The van der Waals surface area contributed by atoms with Crippen molar-refractivity contribution in [3.8, 4) is 5.75 Å². The Morgan fingerprint density at radius 3 is 2.95 bits per heavy atom. The van der Waals surface area contributed by atoms with Crippen molar-refractivity contribution in [3.63, 3.8) is 0 Å². The third-order valence-corrected chi connectivity index (χ3v) is 3.14. The second-order valence-corrected chi connectivity index (χ2v) is 4.81. The Bertz CT molecular complexity index is 531. The van der Waals surface area contributed by atoms with E-state index in [0.717, 1.165) is 17.0 Å². The average molecular weight is 285 g/mol. The van der Waals surface area contributed by atoms with E-state index in [2.05, 4.69) is 10.3 Å². The number of hydrogen-bond donors (Lipinski definition) is 2. The van der Waals surface area contributed by atoms with Gasteiger partial charge in [0.05, 0.1) is 13.2 Å². The van der Waals surface area contributed by atoms with Crippen LogP contribution in [0.15, 0.2) is 48.7 Å². The van der Waals surface area contributed by atoms with Crippen molar-refractivity contribution in [1.29, 1.82) is 0 Å². The lowest BCUT2D eigenvalue weighted by Crippen LogP contribution is -2.27. The van der Waals surface area contributed by atoms with E-state index >= 15 is 0 Å². The Labute approximate surface area is 125 Å². The van der Waals surface area contributed by atoms with E-state index in [9.17, 15) is 5.11 Å². The van der Waals surface area contributed by atoms with E-state index in [0.29, 0.717) is 19.5 Å². The molecule has 1 aromatic heterocycles. The van der Waals surface area contributed by atoms with E-state index in [4.69, 9.17) is 4.74 Å². The molecule has 1 heterocycles. The third kappa shape index (κ3) is 5.53. The highest BCUT2D eigenvalue weighted by Gasteiger charge is 2.05. The highest BCUT2D eigenvalue weighted by Crippen LogP contribution is 2.12. The minimum Gasteiger partial charge on any atom is -0.497 e. The topological polar surface area (TPSA) is 54.4 Å². The molecular formula is C17H21N2O2. The Morgan fingerprint density at radius 2 is 2.19 bits per heavy atom. The molecule has 0 saturated heterocycles. The molecule has 0 spiro atoms. The summed E-state index contributed by atoms with van der Waals surface area (Å²) in [6, 6.07) is 13.7. The van der Waals surface area contributed by atoms with Crippen molar-refractivity contribution in [2.24, 2.45) is 0 Å². The molecule has 2 N–H and O–H groups in total. The number of pyridine rings is 1. The second kappa shape index (κ2) is 8.39. The molecule has 4 heteroatoms. The summed E-state index contributed by atoms with van der Waals surface area (Å²) in [6.07, 6.45) is 3.80. The minimum absolute atomic E-state index is 0.488. The van der Waals surface area contributed by atoms with Gasteiger partial charge in [0, 0.05) is 25.0 Å². The molecule has 1 atom stereocenters. The molecular weight excluding hydrogens is 264 g/mol. The van der Waals surface area contributed by atoms with Gasteiger partial charge in [-0.05, 0) is 42.7 Å². The van der Waals surface area contributed by atoms with Gasteiger partial charge >= 0.3 is 0 Å². The molecule has 0 unspecified atom stereocenters. The van der Waals surface area contributed by atoms with Crippen LogP contribution in [0.2, 0.25) is 0 Å². The number of ether oxygens (including phenoxy) is 1. The third-order valence-electron chi connectivity index (χ3n) is 3.14. The van der Waals surface area contributed by atoms with Crippen LogP contribution >= 0.6 is 0 Å². The first-order valence-electron chi connectivity index (χ1n) is 7.03. The van der Waals surface area contributed by atoms with Crippen LogP contribution in [0.3, 0.4) is 0 Å². The molecule has 2 rings (SSSR count). The Hall–Kier alpha value is -1.91. The van der Waals surface area contributed by atoms with Gasteiger partial charge in [0.1, 0.15) is 5.75 Å². The summed E-state index contributed by atoms with van der Waals surface area (Å²) >= 11 is 0. The van der Waals surface area contributed by atoms with Gasteiger partial charge in [-0.3, -0.25) is 4.98 Å². The smallest absolute Gasteiger partial charge is 0.119 e. The normalized spacial score (nSPS) is 12.1. The molecule has 0 bridgehead atoms. The summed E-state index contributed by atoms with van der Waals surface area (Å²) in [4.78, 5) is 4.22. The van der Waals surface area contributed by atoms with E-state index < -0.39 is 6.10 Å². The van der Waals surface area contributed by atoms with Crippen LogP contribution in [0.25, 0.3) is 0 Å². The molecule has 0 aliphatic rings. The Morgan fingerprint density at radius 1 is 1.29 bits per heavy atom. The monoisotopic (exact) mass is 285 g/mol. The Kier molecular flexibility index (Phi) is 6.19. The maximum Gasteiger partial charge on any atom is 0.119 e. The standard InChI is InChI=1S/C17H21N2O2/c1-21-17-7-4-5-14(11-17)12-18-13-16(20)9-8-15-6-2-3-10-19-15/h2-7,9-11,16,18,20H,8,12-13H2,1H3/t16-/m1/s1. The number of benzene rings is 1. The zero-order valence-corrected chi connectivity index (χ0v) is 12.2. The van der Waals surface area contributed by atoms with Gasteiger partial charge in [-0.15, -0.1) is 0 Å². The quantitative estimate of drug-likeness (QED) is 0.779. The number of aliphatic hydroxyl groups is 1. The predicted molar refractivity (Wildman–Crippen MR) is 82.9 cm³/mol. The number of aromatic nitrogens is 1. The largest absolute Gasteiger partial charge is 0.497 e. The van der Waals surface area contributed by atoms with Crippen molar-refractivity contribution < 1.29 is 9.84 Å². The van der Waals surface area contributed by atoms with Crippen LogP contribution in [0.1, 0.15) is 11.3 Å². The number of methoxy groups -OCH3 is 1. The van der Waals surface area contributed by atoms with Crippen molar-refractivity contribution >= 4 is 0 Å². The molecule has 1 radical (unpaired) electrons. The lowest BCUT2D eigenvalue weighted by atomic mass is 10.1. The summed E-state index contributed by atoms with van der Waals surface area (Å²) in [5, 5.41) is 13.2. The SMILES string of the molecule is COc1cccc(CNC[C@H](O)[CH]Cc2ccccn2)c1. The highest BCUT2D eigenvalue weighted by molar-refractivity contribution is 5.28. The van der Waals surface area contributed by atoms with Crippen LogP contribution in [-0.2, 0) is 13.0 Å². The minimum atomic E-state index is -0.488. The molecule has 0 amide bonds. The number of rotatable bonds is 8. The predicted octanol–water partition coefficient (Wildman–Crippen LogP) is 1.99. The van der Waals surface area contributed by atoms with Crippen LogP contribution in [0.5, 0.6) is 5.75 Å². The fourth-order valence-corrected chi connectivity index (χ4v) is 2.01. The van der Waals surface area contributed by atoms with Crippen LogP contribution in [0, 0.1) is 6.42 Å². The second-order valence-electron chi connectivity index (χ2n) is 4.81. The van der Waals surface area contributed by atoms with Gasteiger partial charge < -0.3 is 15.2 Å².